The molecule has 34 heavy (non-hydrogen) atoms. The Bertz CT molecular complexity index is 1210. The van der Waals surface area contributed by atoms with Crippen LogP contribution >= 0.6 is 0 Å². The van der Waals surface area contributed by atoms with Gasteiger partial charge in [-0.25, -0.2) is 0 Å². The quantitative estimate of drug-likeness (QED) is 0.352. The molecule has 172 valence electrons. The zero-order valence-electron chi connectivity index (χ0n) is 19.4. The van der Waals surface area contributed by atoms with E-state index in [1.54, 1.807) is 7.11 Å². The van der Waals surface area contributed by atoms with Crippen LogP contribution < -0.4 is 19.5 Å². The van der Waals surface area contributed by atoms with Gasteiger partial charge in [0, 0.05) is 6.54 Å². The summed E-state index contributed by atoms with van der Waals surface area (Å²) in [5.41, 5.74) is 6.01. The first-order valence-electron chi connectivity index (χ1n) is 11.7. The molecule has 4 aromatic rings. The van der Waals surface area contributed by atoms with E-state index in [0.29, 0.717) is 13.2 Å². The fraction of sp³-hybridized carbons (Fsp3) is 0.200. The molecule has 1 unspecified atom stereocenters. The fourth-order valence-electron chi connectivity index (χ4n) is 4.37. The third kappa shape index (κ3) is 5.08. The maximum atomic E-state index is 6.18. The van der Waals surface area contributed by atoms with E-state index in [1.807, 2.05) is 48.5 Å². The Labute approximate surface area is 201 Å². The van der Waals surface area contributed by atoms with Crippen molar-refractivity contribution < 1.29 is 14.2 Å². The highest BCUT2D eigenvalue weighted by Crippen LogP contribution is 2.38. The average molecular weight is 452 g/mol. The molecule has 1 N–H and O–H groups in total. The Morgan fingerprint density at radius 3 is 2.03 bits per heavy atom. The van der Waals surface area contributed by atoms with Crippen LogP contribution in [-0.4, -0.2) is 13.7 Å². The van der Waals surface area contributed by atoms with Gasteiger partial charge in [-0.15, -0.1) is 0 Å². The number of ether oxygens (including phenoxy) is 3. The van der Waals surface area contributed by atoms with Crippen LogP contribution in [0.1, 0.15) is 33.9 Å². The smallest absolute Gasteiger partial charge is 0.162 e. The molecule has 0 saturated carbocycles. The lowest BCUT2D eigenvalue weighted by molar-refractivity contribution is 0.283. The topological polar surface area (TPSA) is 39.7 Å². The van der Waals surface area contributed by atoms with E-state index in [-0.39, 0.29) is 6.04 Å². The van der Waals surface area contributed by atoms with Crippen molar-refractivity contribution >= 4 is 0 Å². The van der Waals surface area contributed by atoms with Gasteiger partial charge in [-0.05, 0) is 58.5 Å². The van der Waals surface area contributed by atoms with E-state index in [9.17, 15) is 0 Å². The highest BCUT2D eigenvalue weighted by Gasteiger charge is 2.24. The molecule has 0 spiro atoms. The second-order valence-corrected chi connectivity index (χ2v) is 8.46. The summed E-state index contributed by atoms with van der Waals surface area (Å²) in [6.45, 7) is 1.98. The van der Waals surface area contributed by atoms with Crippen LogP contribution in [0.15, 0.2) is 97.1 Å². The maximum Gasteiger partial charge on any atom is 0.162 e. The van der Waals surface area contributed by atoms with Crippen LogP contribution in [0.2, 0.25) is 0 Å². The lowest BCUT2D eigenvalue weighted by Crippen LogP contribution is -2.30. The molecule has 1 aliphatic rings. The minimum Gasteiger partial charge on any atom is -0.493 e. The van der Waals surface area contributed by atoms with Crippen molar-refractivity contribution in [2.75, 3.05) is 13.7 Å². The van der Waals surface area contributed by atoms with Gasteiger partial charge < -0.3 is 19.5 Å². The van der Waals surface area contributed by atoms with Crippen LogP contribution in [0.25, 0.3) is 0 Å². The molecule has 0 amide bonds. The standard InChI is InChI=1S/C30H29NO3/c1-32-28-18-25-16-17-31-30(27(25)19-29(28)34-21-23-10-6-3-7-11-23)24-12-14-26(15-13-24)33-20-22-8-4-2-5-9-22/h2-15,18-19,30-31H,16-17,20-21H2,1H3. The number of rotatable bonds is 8. The molecule has 4 aromatic carbocycles. The van der Waals surface area contributed by atoms with Gasteiger partial charge >= 0.3 is 0 Å². The largest absolute Gasteiger partial charge is 0.493 e. The van der Waals surface area contributed by atoms with E-state index in [1.165, 1.54) is 16.7 Å². The van der Waals surface area contributed by atoms with Gasteiger partial charge in [0.2, 0.25) is 0 Å². The molecule has 5 rings (SSSR count). The zero-order valence-corrected chi connectivity index (χ0v) is 19.4. The Morgan fingerprint density at radius 1 is 0.735 bits per heavy atom. The van der Waals surface area contributed by atoms with Crippen LogP contribution in [0, 0.1) is 0 Å². The van der Waals surface area contributed by atoms with E-state index in [0.717, 1.165) is 41.3 Å². The van der Waals surface area contributed by atoms with Crippen molar-refractivity contribution in [2.45, 2.75) is 25.7 Å². The Kier molecular flexibility index (Phi) is 6.78. The van der Waals surface area contributed by atoms with Crippen LogP contribution in [-0.2, 0) is 19.6 Å². The van der Waals surface area contributed by atoms with Crippen LogP contribution in [0.4, 0.5) is 0 Å². The third-order valence-electron chi connectivity index (χ3n) is 6.18. The lowest BCUT2D eigenvalue weighted by atomic mass is 9.89. The summed E-state index contributed by atoms with van der Waals surface area (Å²) in [5.74, 6) is 2.41. The van der Waals surface area contributed by atoms with Gasteiger partial charge in [-0.2, -0.15) is 0 Å². The predicted octanol–water partition coefficient (Wildman–Crippen LogP) is 6.09. The average Bonchev–Trinajstić information content (AvgIpc) is 2.91. The second kappa shape index (κ2) is 10.4. The molecule has 4 nitrogen and oxygen atoms in total. The number of methoxy groups -OCH3 is 1. The van der Waals surface area contributed by atoms with Crippen molar-refractivity contribution in [3.63, 3.8) is 0 Å². The van der Waals surface area contributed by atoms with E-state index >= 15 is 0 Å². The Morgan fingerprint density at radius 2 is 1.38 bits per heavy atom. The van der Waals surface area contributed by atoms with E-state index < -0.39 is 0 Å². The minimum absolute atomic E-state index is 0.0944. The summed E-state index contributed by atoms with van der Waals surface area (Å²) >= 11 is 0. The lowest BCUT2D eigenvalue weighted by Gasteiger charge is -2.29. The summed E-state index contributed by atoms with van der Waals surface area (Å²) < 4.78 is 17.8. The summed E-state index contributed by atoms with van der Waals surface area (Å²) in [6, 6.07) is 33.1. The first-order valence-corrected chi connectivity index (χ1v) is 11.7. The number of fused-ring (bicyclic) bond motifs is 1. The van der Waals surface area contributed by atoms with Crippen LogP contribution in [0.5, 0.6) is 17.2 Å². The highest BCUT2D eigenvalue weighted by atomic mass is 16.5. The number of nitrogens with one attached hydrogen (secondary N) is 1. The van der Waals surface area contributed by atoms with Gasteiger partial charge in [0.15, 0.2) is 11.5 Å². The Hall–Kier alpha value is -3.76. The molecule has 1 aliphatic heterocycles. The molecule has 0 aliphatic carbocycles. The van der Waals surface area contributed by atoms with Gasteiger partial charge in [0.1, 0.15) is 19.0 Å². The minimum atomic E-state index is 0.0944. The summed E-state index contributed by atoms with van der Waals surface area (Å²) in [5, 5.41) is 3.67. The summed E-state index contributed by atoms with van der Waals surface area (Å²) in [7, 11) is 1.70. The molecule has 1 atom stereocenters. The van der Waals surface area contributed by atoms with E-state index in [4.69, 9.17) is 14.2 Å². The molecule has 0 bridgehead atoms. The molecule has 0 aromatic heterocycles. The molecule has 4 heteroatoms. The molecule has 1 heterocycles. The van der Waals surface area contributed by atoms with Gasteiger partial charge in [-0.1, -0.05) is 72.8 Å². The zero-order chi connectivity index (χ0) is 23.2. The monoisotopic (exact) mass is 451 g/mol. The van der Waals surface area contributed by atoms with Crippen molar-refractivity contribution in [1.82, 2.24) is 5.32 Å². The molecular formula is C30H29NO3. The number of benzene rings is 4. The second-order valence-electron chi connectivity index (χ2n) is 8.46. The van der Waals surface area contributed by atoms with Gasteiger partial charge in [0.05, 0.1) is 13.2 Å². The molecular weight excluding hydrogens is 422 g/mol. The van der Waals surface area contributed by atoms with Crippen molar-refractivity contribution in [2.24, 2.45) is 0 Å². The van der Waals surface area contributed by atoms with Gasteiger partial charge in [-0.3, -0.25) is 0 Å². The number of hydrogen-bond donors (Lipinski definition) is 1. The normalized spacial score (nSPS) is 14.8. The Balaban J connectivity index is 1.34. The van der Waals surface area contributed by atoms with Crippen molar-refractivity contribution in [3.05, 3.63) is 125 Å². The molecule has 0 saturated heterocycles. The van der Waals surface area contributed by atoms with Crippen molar-refractivity contribution in [3.8, 4) is 17.2 Å². The maximum absolute atomic E-state index is 6.18. The molecule has 0 fully saturated rings. The first kappa shape index (κ1) is 22.1. The predicted molar refractivity (Wildman–Crippen MR) is 135 cm³/mol. The molecule has 0 radical (unpaired) electrons. The number of hydrogen-bond acceptors (Lipinski definition) is 4. The summed E-state index contributed by atoms with van der Waals surface area (Å²) in [6.07, 6.45) is 0.958. The van der Waals surface area contributed by atoms with Gasteiger partial charge in [0.25, 0.3) is 0 Å². The first-order chi connectivity index (χ1) is 16.8. The van der Waals surface area contributed by atoms with Crippen molar-refractivity contribution in [1.29, 1.82) is 0 Å². The summed E-state index contributed by atoms with van der Waals surface area (Å²) in [4.78, 5) is 0. The SMILES string of the molecule is COc1cc2c(cc1OCc1ccccc1)C(c1ccc(OCc3ccccc3)cc1)NCC2. The third-order valence-corrected chi connectivity index (χ3v) is 6.18. The van der Waals surface area contributed by atoms with E-state index in [2.05, 4.69) is 53.8 Å². The van der Waals surface area contributed by atoms with Crippen LogP contribution in [0.3, 0.4) is 0 Å². The highest BCUT2D eigenvalue weighted by molar-refractivity contribution is 5.52. The fourth-order valence-corrected chi connectivity index (χ4v) is 4.37.